The van der Waals surface area contributed by atoms with Crippen molar-refractivity contribution in [2.24, 2.45) is 0 Å². The van der Waals surface area contributed by atoms with Crippen LogP contribution in [-0.2, 0) is 0 Å². The van der Waals surface area contributed by atoms with Crippen molar-refractivity contribution in [2.45, 2.75) is 12.3 Å². The van der Waals surface area contributed by atoms with Gasteiger partial charge in [-0.2, -0.15) is 0 Å². The molecule has 0 spiro atoms. The highest BCUT2D eigenvalue weighted by Crippen LogP contribution is 2.44. The molecule has 3 nitrogen and oxygen atoms in total. The minimum absolute atomic E-state index is 0.0114. The van der Waals surface area contributed by atoms with Gasteiger partial charge in [-0.3, -0.25) is 0 Å². The molecule has 9 rings (SSSR count). The van der Waals surface area contributed by atoms with Gasteiger partial charge in [-0.15, -0.1) is 11.3 Å². The van der Waals surface area contributed by atoms with Crippen molar-refractivity contribution in [3.63, 3.8) is 0 Å². The van der Waals surface area contributed by atoms with E-state index in [2.05, 4.69) is 146 Å². The molecule has 0 aliphatic heterocycles. The SMILES string of the molecule is C1=CC(c2nc(-c3ccccc3)nc(-c3ccc(-c4ccccc4)cc3)n2)CC(c2cccc3c2sc2c(-c4ccccc4)cccc23)=C1. The summed E-state index contributed by atoms with van der Waals surface area (Å²) in [5.41, 5.74) is 9.40. The van der Waals surface area contributed by atoms with Crippen LogP contribution in [0.4, 0.5) is 0 Å². The van der Waals surface area contributed by atoms with E-state index < -0.39 is 0 Å². The summed E-state index contributed by atoms with van der Waals surface area (Å²) in [5.74, 6) is 2.18. The average Bonchev–Trinajstić information content (AvgIpc) is 3.58. The number of allylic oxidation sites excluding steroid dienone is 4. The second-order valence-electron chi connectivity index (χ2n) is 12.4. The normalized spacial score (nSPS) is 14.3. The van der Waals surface area contributed by atoms with Crippen LogP contribution in [0.3, 0.4) is 0 Å². The summed E-state index contributed by atoms with van der Waals surface area (Å²) in [5, 5.41) is 2.61. The van der Waals surface area contributed by atoms with Crippen LogP contribution < -0.4 is 0 Å². The lowest BCUT2D eigenvalue weighted by molar-refractivity contribution is 0.773. The molecule has 1 unspecified atom stereocenters. The molecule has 232 valence electrons. The minimum atomic E-state index is 0.0114. The number of aromatic nitrogens is 3. The number of hydrogen-bond donors (Lipinski definition) is 0. The molecule has 8 aromatic rings. The molecule has 0 amide bonds. The second-order valence-corrected chi connectivity index (χ2v) is 13.4. The Bertz CT molecular complexity index is 2500. The van der Waals surface area contributed by atoms with Crippen molar-refractivity contribution in [3.05, 3.63) is 181 Å². The number of hydrogen-bond acceptors (Lipinski definition) is 4. The smallest absolute Gasteiger partial charge is 0.163 e. The summed E-state index contributed by atoms with van der Waals surface area (Å²) in [6.07, 6.45) is 7.47. The quantitative estimate of drug-likeness (QED) is 0.181. The molecular formula is C45H31N3S. The van der Waals surface area contributed by atoms with E-state index in [0.29, 0.717) is 11.6 Å². The van der Waals surface area contributed by atoms with Gasteiger partial charge in [0.25, 0.3) is 0 Å². The van der Waals surface area contributed by atoms with Crippen molar-refractivity contribution in [2.75, 3.05) is 0 Å². The Kier molecular flexibility index (Phi) is 7.49. The number of benzene rings is 6. The fourth-order valence-corrected chi connectivity index (χ4v) is 8.20. The number of fused-ring (bicyclic) bond motifs is 3. The predicted molar refractivity (Wildman–Crippen MR) is 205 cm³/mol. The Morgan fingerprint density at radius 3 is 1.61 bits per heavy atom. The fourth-order valence-electron chi connectivity index (χ4n) is 6.82. The van der Waals surface area contributed by atoms with Gasteiger partial charge in [0.05, 0.1) is 0 Å². The third kappa shape index (κ3) is 5.56. The van der Waals surface area contributed by atoms with Crippen molar-refractivity contribution >= 4 is 37.1 Å². The Labute approximate surface area is 289 Å². The molecule has 0 saturated heterocycles. The van der Waals surface area contributed by atoms with Crippen LogP contribution in [0.25, 0.3) is 70.8 Å². The van der Waals surface area contributed by atoms with Crippen LogP contribution in [0, 0.1) is 0 Å². The third-order valence-corrected chi connectivity index (χ3v) is 10.6. The van der Waals surface area contributed by atoms with Gasteiger partial charge in [0, 0.05) is 37.2 Å². The van der Waals surface area contributed by atoms with Gasteiger partial charge >= 0.3 is 0 Å². The first-order chi connectivity index (χ1) is 24.3. The molecule has 4 heteroatoms. The summed E-state index contributed by atoms with van der Waals surface area (Å²) in [6, 6.07) is 53.3. The molecule has 0 N–H and O–H groups in total. The molecule has 0 fully saturated rings. The van der Waals surface area contributed by atoms with Gasteiger partial charge in [-0.25, -0.2) is 15.0 Å². The summed E-state index contributed by atoms with van der Waals surface area (Å²) in [7, 11) is 0. The Morgan fingerprint density at radius 2 is 0.959 bits per heavy atom. The maximum atomic E-state index is 5.13. The van der Waals surface area contributed by atoms with E-state index in [4.69, 9.17) is 15.0 Å². The van der Waals surface area contributed by atoms with Crippen LogP contribution in [0.5, 0.6) is 0 Å². The molecule has 0 saturated carbocycles. The van der Waals surface area contributed by atoms with Crippen LogP contribution in [-0.4, -0.2) is 15.0 Å². The monoisotopic (exact) mass is 645 g/mol. The van der Waals surface area contributed by atoms with Crippen molar-refractivity contribution in [1.29, 1.82) is 0 Å². The Morgan fingerprint density at radius 1 is 0.449 bits per heavy atom. The molecule has 2 aromatic heterocycles. The largest absolute Gasteiger partial charge is 0.212 e. The number of thiophene rings is 1. The molecule has 1 aliphatic carbocycles. The standard InChI is InChI=1S/C45H31N3S/c1-4-13-30(14-5-1)31-25-27-34(28-26-31)44-46-43(33-17-8-3-9-18-33)47-45(48-44)36-20-10-19-35(29-36)38-22-12-24-40-39-23-11-21-37(41(39)49-42(38)40)32-15-6-2-7-16-32/h1-28,36H,29H2. The van der Waals surface area contributed by atoms with E-state index in [0.717, 1.165) is 23.4 Å². The molecular weight excluding hydrogens is 615 g/mol. The molecule has 6 aromatic carbocycles. The maximum Gasteiger partial charge on any atom is 0.163 e. The molecule has 1 atom stereocenters. The summed E-state index contributed by atoms with van der Waals surface area (Å²) in [4.78, 5) is 15.2. The average molecular weight is 646 g/mol. The molecule has 0 radical (unpaired) electrons. The minimum Gasteiger partial charge on any atom is -0.212 e. The Balaban J connectivity index is 1.10. The van der Waals surface area contributed by atoms with Crippen LogP contribution in [0.1, 0.15) is 23.7 Å². The highest BCUT2D eigenvalue weighted by molar-refractivity contribution is 7.26. The number of nitrogens with zero attached hydrogens (tertiary/aromatic N) is 3. The topological polar surface area (TPSA) is 38.7 Å². The van der Waals surface area contributed by atoms with E-state index in [1.165, 1.54) is 53.6 Å². The molecule has 49 heavy (non-hydrogen) atoms. The lowest BCUT2D eigenvalue weighted by atomic mass is 9.88. The Hall–Kier alpha value is -5.97. The zero-order valence-corrected chi connectivity index (χ0v) is 27.5. The zero-order chi connectivity index (χ0) is 32.6. The van der Waals surface area contributed by atoms with Crippen molar-refractivity contribution in [1.82, 2.24) is 15.0 Å². The molecule has 1 aliphatic rings. The molecule has 0 bridgehead atoms. The van der Waals surface area contributed by atoms with Gasteiger partial charge < -0.3 is 0 Å². The maximum absolute atomic E-state index is 5.13. The van der Waals surface area contributed by atoms with Gasteiger partial charge in [0.1, 0.15) is 5.82 Å². The zero-order valence-electron chi connectivity index (χ0n) is 26.7. The third-order valence-electron chi connectivity index (χ3n) is 9.30. The summed E-state index contributed by atoms with van der Waals surface area (Å²) >= 11 is 1.89. The van der Waals surface area contributed by atoms with Gasteiger partial charge in [0.15, 0.2) is 11.6 Å². The van der Waals surface area contributed by atoms with E-state index in [9.17, 15) is 0 Å². The van der Waals surface area contributed by atoms with Gasteiger partial charge in [-0.05, 0) is 39.8 Å². The first-order valence-electron chi connectivity index (χ1n) is 16.6. The first kappa shape index (κ1) is 29.2. The van der Waals surface area contributed by atoms with Crippen molar-refractivity contribution in [3.8, 4) is 45.0 Å². The van der Waals surface area contributed by atoms with E-state index >= 15 is 0 Å². The fraction of sp³-hybridized carbons (Fsp3) is 0.0444. The number of rotatable bonds is 6. The first-order valence-corrected chi connectivity index (χ1v) is 17.4. The van der Waals surface area contributed by atoms with Crippen molar-refractivity contribution < 1.29 is 0 Å². The van der Waals surface area contributed by atoms with Crippen LogP contribution in [0.15, 0.2) is 170 Å². The highest BCUT2D eigenvalue weighted by Gasteiger charge is 2.23. The second kappa shape index (κ2) is 12.6. The summed E-state index contributed by atoms with van der Waals surface area (Å²) < 4.78 is 2.65. The van der Waals surface area contributed by atoms with E-state index in [-0.39, 0.29) is 5.92 Å². The van der Waals surface area contributed by atoms with E-state index in [1.54, 1.807) is 0 Å². The van der Waals surface area contributed by atoms with Crippen LogP contribution in [0.2, 0.25) is 0 Å². The van der Waals surface area contributed by atoms with Gasteiger partial charge in [-0.1, -0.05) is 170 Å². The molecule has 2 heterocycles. The van der Waals surface area contributed by atoms with Crippen LogP contribution >= 0.6 is 11.3 Å². The lowest BCUT2D eigenvalue weighted by Crippen LogP contribution is -2.09. The lowest BCUT2D eigenvalue weighted by Gasteiger charge is -2.19. The predicted octanol–water partition coefficient (Wildman–Crippen LogP) is 12.0. The highest BCUT2D eigenvalue weighted by atomic mass is 32.1. The van der Waals surface area contributed by atoms with Gasteiger partial charge in [0.2, 0.25) is 0 Å². The van der Waals surface area contributed by atoms with E-state index in [1.807, 2.05) is 35.6 Å². The summed E-state index contributed by atoms with van der Waals surface area (Å²) in [6.45, 7) is 0.